The van der Waals surface area contributed by atoms with Crippen LogP contribution in [0.2, 0.25) is 0 Å². The van der Waals surface area contributed by atoms with Crippen LogP contribution in [-0.2, 0) is 9.47 Å². The number of halogens is 1. The largest absolute Gasteiger partial charge is 0.385 e. The van der Waals surface area contributed by atoms with Gasteiger partial charge in [-0.05, 0) is 25.2 Å². The quantitative estimate of drug-likeness (QED) is 0.217. The van der Waals surface area contributed by atoms with Gasteiger partial charge in [0.15, 0.2) is 5.96 Å². The Kier molecular flexibility index (Phi) is 13.6. The van der Waals surface area contributed by atoms with E-state index in [0.717, 1.165) is 78.0 Å². The number of hydrogen-bond donors (Lipinski definition) is 2. The zero-order chi connectivity index (χ0) is 18.6. The summed E-state index contributed by atoms with van der Waals surface area (Å²) in [6, 6.07) is 0.523. The van der Waals surface area contributed by atoms with Crippen molar-refractivity contribution in [2.45, 2.75) is 32.2 Å². The number of nitrogens with one attached hydrogen (secondary N) is 2. The van der Waals surface area contributed by atoms with Crippen molar-refractivity contribution < 1.29 is 9.47 Å². The van der Waals surface area contributed by atoms with E-state index in [4.69, 9.17) is 9.47 Å². The predicted octanol–water partition coefficient (Wildman–Crippen LogP) is 1.24. The highest BCUT2D eigenvalue weighted by atomic mass is 127. The molecule has 8 heteroatoms. The molecule has 0 aromatic heterocycles. The first kappa shape index (κ1) is 24.9. The number of likely N-dealkylation sites (tertiary alicyclic amines) is 1. The summed E-state index contributed by atoms with van der Waals surface area (Å²) in [5.74, 6) is 1.53. The van der Waals surface area contributed by atoms with Crippen LogP contribution in [-0.4, -0.2) is 102 Å². The minimum absolute atomic E-state index is 0. The van der Waals surface area contributed by atoms with Crippen molar-refractivity contribution in [3.8, 4) is 0 Å². The molecule has 0 aromatic rings. The molecule has 0 aliphatic carbocycles. The summed E-state index contributed by atoms with van der Waals surface area (Å²) < 4.78 is 10.6. The van der Waals surface area contributed by atoms with Crippen molar-refractivity contribution >= 4 is 29.9 Å². The molecule has 0 aromatic carbocycles. The second-order valence-corrected chi connectivity index (χ2v) is 7.58. The third kappa shape index (κ3) is 10.3. The molecule has 2 heterocycles. The Bertz CT molecular complexity index is 400. The Morgan fingerprint density at radius 2 is 1.89 bits per heavy atom. The highest BCUT2D eigenvalue weighted by Gasteiger charge is 2.20. The fraction of sp³-hybridized carbons (Fsp3) is 0.947. The fourth-order valence-electron chi connectivity index (χ4n) is 3.68. The van der Waals surface area contributed by atoms with Crippen molar-refractivity contribution in [3.63, 3.8) is 0 Å². The predicted molar refractivity (Wildman–Crippen MR) is 122 cm³/mol. The Labute approximate surface area is 182 Å². The molecule has 0 amide bonds. The number of rotatable bonds is 9. The van der Waals surface area contributed by atoms with E-state index in [9.17, 15) is 0 Å². The van der Waals surface area contributed by atoms with Gasteiger partial charge in [-0.25, -0.2) is 0 Å². The molecule has 1 atom stereocenters. The molecule has 2 fully saturated rings. The number of morpholine rings is 1. The third-order valence-electron chi connectivity index (χ3n) is 5.27. The van der Waals surface area contributed by atoms with Crippen molar-refractivity contribution in [1.82, 2.24) is 20.4 Å². The van der Waals surface area contributed by atoms with Gasteiger partial charge in [0.05, 0.1) is 13.2 Å². The van der Waals surface area contributed by atoms with Gasteiger partial charge in [-0.2, -0.15) is 0 Å². The normalized spacial score (nSPS) is 21.5. The second-order valence-electron chi connectivity index (χ2n) is 7.58. The summed E-state index contributed by atoms with van der Waals surface area (Å²) >= 11 is 0. The van der Waals surface area contributed by atoms with Gasteiger partial charge in [0.2, 0.25) is 0 Å². The molecule has 2 aliphatic heterocycles. The van der Waals surface area contributed by atoms with Crippen LogP contribution in [0.4, 0.5) is 0 Å². The smallest absolute Gasteiger partial charge is 0.191 e. The molecule has 2 aliphatic rings. The van der Waals surface area contributed by atoms with E-state index in [1.165, 1.54) is 12.8 Å². The lowest BCUT2D eigenvalue weighted by molar-refractivity contribution is 0.0320. The number of aliphatic imine (C=N–C) groups is 1. The summed E-state index contributed by atoms with van der Waals surface area (Å²) in [5, 5.41) is 7.12. The molecule has 0 bridgehead atoms. The average Bonchev–Trinajstić information content (AvgIpc) is 2.67. The average molecular weight is 497 g/mol. The number of ether oxygens (including phenoxy) is 2. The van der Waals surface area contributed by atoms with E-state index >= 15 is 0 Å². The molecule has 0 saturated carbocycles. The first-order valence-corrected chi connectivity index (χ1v) is 10.2. The summed E-state index contributed by atoms with van der Waals surface area (Å²) in [7, 11) is 3.64. The minimum Gasteiger partial charge on any atom is -0.385 e. The summed E-state index contributed by atoms with van der Waals surface area (Å²) in [6.07, 6.45) is 3.48. The lowest BCUT2D eigenvalue weighted by atomic mass is 10.1. The van der Waals surface area contributed by atoms with E-state index < -0.39 is 0 Å². The molecule has 27 heavy (non-hydrogen) atoms. The second kappa shape index (κ2) is 14.8. The first-order chi connectivity index (χ1) is 12.7. The maximum atomic E-state index is 5.42. The number of nitrogens with zero attached hydrogens (tertiary/aromatic N) is 3. The van der Waals surface area contributed by atoms with Crippen LogP contribution in [0.25, 0.3) is 0 Å². The monoisotopic (exact) mass is 497 g/mol. The molecule has 1 unspecified atom stereocenters. The molecular weight excluding hydrogens is 457 g/mol. The lowest BCUT2D eigenvalue weighted by Gasteiger charge is -2.33. The van der Waals surface area contributed by atoms with Crippen molar-refractivity contribution in [3.05, 3.63) is 0 Å². The molecule has 2 rings (SSSR count). The van der Waals surface area contributed by atoms with E-state index in [-0.39, 0.29) is 24.0 Å². The highest BCUT2D eigenvalue weighted by molar-refractivity contribution is 14.0. The molecule has 0 spiro atoms. The van der Waals surface area contributed by atoms with Gasteiger partial charge >= 0.3 is 0 Å². The van der Waals surface area contributed by atoms with Gasteiger partial charge < -0.3 is 25.0 Å². The van der Waals surface area contributed by atoms with Crippen LogP contribution < -0.4 is 10.6 Å². The van der Waals surface area contributed by atoms with Gasteiger partial charge in [-0.3, -0.25) is 9.89 Å². The van der Waals surface area contributed by atoms with E-state index in [1.807, 2.05) is 7.05 Å². The third-order valence-corrected chi connectivity index (χ3v) is 5.27. The first-order valence-electron chi connectivity index (χ1n) is 10.2. The Hall–Kier alpha value is -0.160. The molecule has 7 nitrogen and oxygen atoms in total. The molecular formula is C19H40IN5O2. The SMILES string of the molecule is CN=C(NCC(C)CN1CCOCC1)NC1CCN(CCCOC)CC1.I. The van der Waals surface area contributed by atoms with Crippen LogP contribution in [0.15, 0.2) is 4.99 Å². The van der Waals surface area contributed by atoms with Gasteiger partial charge in [0.25, 0.3) is 0 Å². The number of guanidine groups is 1. The van der Waals surface area contributed by atoms with Crippen LogP contribution in [0.1, 0.15) is 26.2 Å². The topological polar surface area (TPSA) is 61.4 Å². The number of hydrogen-bond acceptors (Lipinski definition) is 5. The Morgan fingerprint density at radius 1 is 1.19 bits per heavy atom. The van der Waals surface area contributed by atoms with Crippen LogP contribution in [0, 0.1) is 5.92 Å². The van der Waals surface area contributed by atoms with E-state index in [0.29, 0.717) is 12.0 Å². The Morgan fingerprint density at radius 3 is 2.52 bits per heavy atom. The molecule has 2 saturated heterocycles. The zero-order valence-electron chi connectivity index (χ0n) is 17.4. The lowest BCUT2D eigenvalue weighted by Crippen LogP contribution is -2.50. The van der Waals surface area contributed by atoms with E-state index in [2.05, 4.69) is 32.3 Å². The van der Waals surface area contributed by atoms with Gasteiger partial charge in [-0.15, -0.1) is 24.0 Å². The molecule has 2 N–H and O–H groups in total. The molecule has 160 valence electrons. The summed E-state index contributed by atoms with van der Waals surface area (Å²) in [6.45, 7) is 12.5. The Balaban J connectivity index is 0.00000364. The maximum Gasteiger partial charge on any atom is 0.191 e. The van der Waals surface area contributed by atoms with Gasteiger partial charge in [0.1, 0.15) is 0 Å². The van der Waals surface area contributed by atoms with Crippen LogP contribution in [0.5, 0.6) is 0 Å². The zero-order valence-corrected chi connectivity index (χ0v) is 19.7. The number of methoxy groups -OCH3 is 1. The fourth-order valence-corrected chi connectivity index (χ4v) is 3.68. The van der Waals surface area contributed by atoms with Gasteiger partial charge in [0, 0.05) is 72.6 Å². The molecule has 0 radical (unpaired) electrons. The minimum atomic E-state index is 0. The number of piperidine rings is 1. The van der Waals surface area contributed by atoms with Crippen molar-refractivity contribution in [1.29, 1.82) is 0 Å². The van der Waals surface area contributed by atoms with Crippen LogP contribution in [0.3, 0.4) is 0 Å². The highest BCUT2D eigenvalue weighted by Crippen LogP contribution is 2.10. The summed E-state index contributed by atoms with van der Waals surface area (Å²) in [5.41, 5.74) is 0. The maximum absolute atomic E-state index is 5.42. The van der Waals surface area contributed by atoms with E-state index in [1.54, 1.807) is 7.11 Å². The van der Waals surface area contributed by atoms with Crippen LogP contribution >= 0.6 is 24.0 Å². The van der Waals surface area contributed by atoms with Gasteiger partial charge in [-0.1, -0.05) is 6.92 Å². The van der Waals surface area contributed by atoms with Crippen molar-refractivity contribution in [2.75, 3.05) is 79.8 Å². The summed E-state index contributed by atoms with van der Waals surface area (Å²) in [4.78, 5) is 9.44. The van der Waals surface area contributed by atoms with Crippen molar-refractivity contribution in [2.24, 2.45) is 10.9 Å². The standard InChI is InChI=1S/C19H39N5O2.HI/c1-17(16-24-10-13-26-14-11-24)15-21-19(20-2)22-18-5-8-23(9-6-18)7-4-12-25-3;/h17-18H,4-16H2,1-3H3,(H2,20,21,22);1H.